The van der Waals surface area contributed by atoms with Crippen molar-refractivity contribution >= 4 is 27.6 Å². The molecule has 1 atom stereocenters. The Morgan fingerprint density at radius 1 is 1.50 bits per heavy atom. The number of methoxy groups -OCH3 is 1. The number of anilines is 1. The number of benzene rings is 1. The number of carbonyl (C=O) groups excluding carboxylic acids is 1. The highest BCUT2D eigenvalue weighted by Gasteiger charge is 2.12. The summed E-state index contributed by atoms with van der Waals surface area (Å²) in [5, 5.41) is 14.6. The number of ether oxygens (including phenoxy) is 1. The van der Waals surface area contributed by atoms with E-state index in [-0.39, 0.29) is 18.7 Å². The van der Waals surface area contributed by atoms with E-state index in [2.05, 4.69) is 26.6 Å². The van der Waals surface area contributed by atoms with Gasteiger partial charge in [0, 0.05) is 35.5 Å². The minimum atomic E-state index is -0.277. The van der Waals surface area contributed by atoms with Crippen LogP contribution >= 0.6 is 15.9 Å². The zero-order valence-electron chi connectivity index (χ0n) is 11.8. The van der Waals surface area contributed by atoms with E-state index < -0.39 is 0 Å². The van der Waals surface area contributed by atoms with E-state index in [4.69, 9.17) is 9.84 Å². The van der Waals surface area contributed by atoms with Crippen LogP contribution in [0.3, 0.4) is 0 Å². The van der Waals surface area contributed by atoms with Crippen LogP contribution in [0, 0.1) is 0 Å². The molecule has 0 heterocycles. The molecule has 1 aromatic carbocycles. The Labute approximate surface area is 127 Å². The molecular weight excluding hydrogens is 324 g/mol. The summed E-state index contributed by atoms with van der Waals surface area (Å²) in [6.07, 6.45) is 1.32. The number of hydrogen-bond acceptors (Lipinski definition) is 3. The van der Waals surface area contributed by atoms with Gasteiger partial charge < -0.3 is 20.5 Å². The van der Waals surface area contributed by atoms with Crippen LogP contribution in [0.4, 0.5) is 10.5 Å². The number of carbonyl (C=O) groups is 1. The summed E-state index contributed by atoms with van der Waals surface area (Å²) < 4.78 is 6.03. The summed E-state index contributed by atoms with van der Waals surface area (Å²) >= 11 is 3.44. The Kier molecular flexibility index (Phi) is 7.58. The van der Waals surface area contributed by atoms with Crippen molar-refractivity contribution in [1.82, 2.24) is 5.32 Å². The van der Waals surface area contributed by atoms with Gasteiger partial charge in [0.2, 0.25) is 0 Å². The second-order valence-electron chi connectivity index (χ2n) is 4.41. The number of urea groups is 1. The number of amides is 2. The van der Waals surface area contributed by atoms with Crippen LogP contribution in [0.2, 0.25) is 0 Å². The molecule has 0 radical (unpaired) electrons. The van der Waals surface area contributed by atoms with E-state index in [0.29, 0.717) is 18.7 Å². The lowest BCUT2D eigenvalue weighted by Crippen LogP contribution is -2.38. The molecule has 0 saturated heterocycles. The number of hydrogen-bond donors (Lipinski definition) is 3. The molecule has 3 N–H and O–H groups in total. The third-order valence-electron chi connectivity index (χ3n) is 2.96. The van der Waals surface area contributed by atoms with Crippen LogP contribution in [-0.2, 0) is 11.3 Å². The molecule has 0 aliphatic rings. The number of rotatable bonds is 7. The van der Waals surface area contributed by atoms with Crippen LogP contribution in [-0.4, -0.2) is 30.9 Å². The Morgan fingerprint density at radius 2 is 2.25 bits per heavy atom. The van der Waals surface area contributed by atoms with Crippen molar-refractivity contribution in [2.75, 3.05) is 19.0 Å². The summed E-state index contributed by atoms with van der Waals surface area (Å²) in [4.78, 5) is 12.0. The molecule has 112 valence electrons. The fourth-order valence-electron chi connectivity index (χ4n) is 1.84. The van der Waals surface area contributed by atoms with Crippen molar-refractivity contribution in [3.63, 3.8) is 0 Å². The standard InChI is InChI=1S/C14H21BrN2O3/c1-3-10(7-8-18)16-14(19)17-13-6-4-5-12(15)11(13)9-20-2/h4-6,10,18H,3,7-9H2,1-2H3,(H2,16,17,19)/t10-/m1/s1. The summed E-state index contributed by atoms with van der Waals surface area (Å²) in [5.74, 6) is 0. The lowest BCUT2D eigenvalue weighted by atomic mass is 10.1. The predicted molar refractivity (Wildman–Crippen MR) is 82.8 cm³/mol. The Bertz CT molecular complexity index is 440. The predicted octanol–water partition coefficient (Wildman–Crippen LogP) is 2.88. The monoisotopic (exact) mass is 344 g/mol. The minimum absolute atomic E-state index is 0.0296. The summed E-state index contributed by atoms with van der Waals surface area (Å²) in [6.45, 7) is 2.44. The SMILES string of the molecule is CC[C@H](CCO)NC(=O)Nc1cccc(Br)c1COC. The fraction of sp³-hybridized carbons (Fsp3) is 0.500. The Hall–Kier alpha value is -1.11. The van der Waals surface area contributed by atoms with Gasteiger partial charge in [0.1, 0.15) is 0 Å². The van der Waals surface area contributed by atoms with Gasteiger partial charge in [0.15, 0.2) is 0 Å². The maximum Gasteiger partial charge on any atom is 0.319 e. The van der Waals surface area contributed by atoms with Crippen LogP contribution < -0.4 is 10.6 Å². The molecule has 0 aromatic heterocycles. The Balaban J connectivity index is 2.72. The maximum absolute atomic E-state index is 12.0. The lowest BCUT2D eigenvalue weighted by molar-refractivity contribution is 0.185. The fourth-order valence-corrected chi connectivity index (χ4v) is 2.33. The van der Waals surface area contributed by atoms with Gasteiger partial charge >= 0.3 is 6.03 Å². The first-order valence-corrected chi connectivity index (χ1v) is 7.36. The van der Waals surface area contributed by atoms with Crippen LogP contribution in [0.25, 0.3) is 0 Å². The van der Waals surface area contributed by atoms with Gasteiger partial charge in [-0.2, -0.15) is 0 Å². The molecule has 0 unspecified atom stereocenters. The second-order valence-corrected chi connectivity index (χ2v) is 5.27. The molecule has 0 fully saturated rings. The zero-order chi connectivity index (χ0) is 15.0. The molecule has 0 bridgehead atoms. The maximum atomic E-state index is 12.0. The lowest BCUT2D eigenvalue weighted by Gasteiger charge is -2.18. The van der Waals surface area contributed by atoms with E-state index in [9.17, 15) is 4.79 Å². The van der Waals surface area contributed by atoms with Gasteiger partial charge in [-0.25, -0.2) is 4.79 Å². The minimum Gasteiger partial charge on any atom is -0.396 e. The van der Waals surface area contributed by atoms with Crippen molar-refractivity contribution in [3.8, 4) is 0 Å². The van der Waals surface area contributed by atoms with Crippen LogP contribution in [0.5, 0.6) is 0 Å². The molecule has 1 aromatic rings. The molecule has 2 amide bonds. The topological polar surface area (TPSA) is 70.6 Å². The van der Waals surface area contributed by atoms with Crippen LogP contribution in [0.1, 0.15) is 25.3 Å². The van der Waals surface area contributed by atoms with Crippen molar-refractivity contribution < 1.29 is 14.6 Å². The molecule has 0 aliphatic carbocycles. The highest BCUT2D eigenvalue weighted by atomic mass is 79.9. The average Bonchev–Trinajstić information content (AvgIpc) is 2.42. The van der Waals surface area contributed by atoms with Gasteiger partial charge in [-0.1, -0.05) is 28.9 Å². The largest absolute Gasteiger partial charge is 0.396 e. The quantitative estimate of drug-likeness (QED) is 0.712. The van der Waals surface area contributed by atoms with E-state index in [1.54, 1.807) is 7.11 Å². The van der Waals surface area contributed by atoms with Crippen molar-refractivity contribution in [3.05, 3.63) is 28.2 Å². The average molecular weight is 345 g/mol. The normalized spacial score (nSPS) is 12.0. The summed E-state index contributed by atoms with van der Waals surface area (Å²) in [6, 6.07) is 5.27. The zero-order valence-corrected chi connectivity index (χ0v) is 13.4. The summed E-state index contributed by atoms with van der Waals surface area (Å²) in [5.41, 5.74) is 1.60. The highest BCUT2D eigenvalue weighted by molar-refractivity contribution is 9.10. The van der Waals surface area contributed by atoms with Gasteiger partial charge in [-0.3, -0.25) is 0 Å². The first kappa shape index (κ1) is 16.9. The van der Waals surface area contributed by atoms with Gasteiger partial charge in [0.05, 0.1) is 6.61 Å². The Morgan fingerprint density at radius 3 is 2.85 bits per heavy atom. The molecule has 0 spiro atoms. The first-order chi connectivity index (χ1) is 9.62. The van der Waals surface area contributed by atoms with E-state index in [0.717, 1.165) is 16.5 Å². The molecule has 20 heavy (non-hydrogen) atoms. The smallest absolute Gasteiger partial charge is 0.319 e. The molecule has 1 rings (SSSR count). The van der Waals surface area contributed by atoms with Gasteiger partial charge in [0.25, 0.3) is 0 Å². The van der Waals surface area contributed by atoms with Crippen molar-refractivity contribution in [2.45, 2.75) is 32.4 Å². The van der Waals surface area contributed by atoms with Gasteiger partial charge in [-0.15, -0.1) is 0 Å². The van der Waals surface area contributed by atoms with Crippen LogP contribution in [0.15, 0.2) is 22.7 Å². The van der Waals surface area contributed by atoms with Crippen molar-refractivity contribution in [2.24, 2.45) is 0 Å². The number of nitrogens with one attached hydrogen (secondary N) is 2. The highest BCUT2D eigenvalue weighted by Crippen LogP contribution is 2.25. The molecular formula is C14H21BrN2O3. The molecule has 0 saturated carbocycles. The second kappa shape index (κ2) is 8.94. The molecule has 6 heteroatoms. The van der Waals surface area contributed by atoms with E-state index in [1.807, 2.05) is 25.1 Å². The number of aliphatic hydroxyl groups excluding tert-OH is 1. The molecule has 0 aliphatic heterocycles. The number of halogens is 1. The number of aliphatic hydroxyl groups is 1. The van der Waals surface area contributed by atoms with Gasteiger partial charge in [-0.05, 0) is 25.0 Å². The first-order valence-electron chi connectivity index (χ1n) is 6.57. The van der Waals surface area contributed by atoms with E-state index >= 15 is 0 Å². The van der Waals surface area contributed by atoms with Crippen molar-refractivity contribution in [1.29, 1.82) is 0 Å². The molecule has 5 nitrogen and oxygen atoms in total. The third-order valence-corrected chi connectivity index (χ3v) is 3.70. The summed E-state index contributed by atoms with van der Waals surface area (Å²) in [7, 11) is 1.61. The third kappa shape index (κ3) is 5.11. The van der Waals surface area contributed by atoms with E-state index in [1.165, 1.54) is 0 Å².